The van der Waals surface area contributed by atoms with Crippen LogP contribution in [0, 0.1) is 0 Å². The van der Waals surface area contributed by atoms with E-state index < -0.39 is 5.51 Å². The second-order valence-electron chi connectivity index (χ2n) is 7.13. The van der Waals surface area contributed by atoms with Crippen LogP contribution in [-0.2, 0) is 16.1 Å². The largest absolute Gasteiger partial charge is 0.446 e. The molecule has 0 saturated carbocycles. The van der Waals surface area contributed by atoms with Crippen LogP contribution in [0.3, 0.4) is 0 Å². The lowest BCUT2D eigenvalue weighted by Gasteiger charge is -2.23. The van der Waals surface area contributed by atoms with Gasteiger partial charge < -0.3 is 11.1 Å². The molecule has 2 aromatic rings. The van der Waals surface area contributed by atoms with E-state index in [9.17, 15) is 22.8 Å². The molecule has 1 fully saturated rings. The molecule has 1 unspecified atom stereocenters. The first-order valence-corrected chi connectivity index (χ1v) is 10.5. The molecule has 1 atom stereocenters. The highest BCUT2D eigenvalue weighted by Gasteiger charge is 2.30. The summed E-state index contributed by atoms with van der Waals surface area (Å²) in [5.41, 5.74) is 3.25. The molecular formula is C22H22F3N3O2S. The lowest BCUT2D eigenvalue weighted by molar-refractivity contribution is -0.122. The van der Waals surface area contributed by atoms with Crippen molar-refractivity contribution in [3.05, 3.63) is 65.7 Å². The average Bonchev–Trinajstić information content (AvgIpc) is 3.16. The summed E-state index contributed by atoms with van der Waals surface area (Å²) in [6.07, 6.45) is 4.48. The number of rotatable bonds is 7. The standard InChI is InChI=1S/C22H22F3N3O2S/c23-22(24,25)31-17-10-7-15(8-11-17)9-12-20(29)27-18-5-2-1-4-16(18)14-28-13-3-6-19(28)21(26)30/h1-2,4-5,7-12,19H,3,6,13-14H2,(H2,26,30)(H,27,29)/b12-9+. The molecular weight excluding hydrogens is 427 g/mol. The number of nitrogens with one attached hydrogen (secondary N) is 1. The minimum absolute atomic E-state index is 0.0826. The Morgan fingerprint density at radius 1 is 1.16 bits per heavy atom. The van der Waals surface area contributed by atoms with Crippen LogP contribution in [0.25, 0.3) is 6.08 Å². The Hall–Kier alpha value is -2.78. The maximum atomic E-state index is 12.4. The number of para-hydroxylation sites is 1. The van der Waals surface area contributed by atoms with E-state index in [1.807, 2.05) is 17.0 Å². The molecule has 5 nitrogen and oxygen atoms in total. The van der Waals surface area contributed by atoms with Crippen LogP contribution in [0.4, 0.5) is 18.9 Å². The van der Waals surface area contributed by atoms with E-state index in [0.29, 0.717) is 17.8 Å². The highest BCUT2D eigenvalue weighted by molar-refractivity contribution is 8.00. The summed E-state index contributed by atoms with van der Waals surface area (Å²) >= 11 is -0.184. The number of nitrogens with two attached hydrogens (primary N) is 1. The van der Waals surface area contributed by atoms with Gasteiger partial charge in [0.25, 0.3) is 0 Å². The van der Waals surface area contributed by atoms with Crippen molar-refractivity contribution < 1.29 is 22.8 Å². The van der Waals surface area contributed by atoms with Gasteiger partial charge in [-0.2, -0.15) is 13.2 Å². The molecule has 1 aliphatic rings. The monoisotopic (exact) mass is 449 g/mol. The van der Waals surface area contributed by atoms with Crippen LogP contribution in [0.15, 0.2) is 59.5 Å². The number of benzene rings is 2. The molecule has 0 radical (unpaired) electrons. The molecule has 1 heterocycles. The minimum Gasteiger partial charge on any atom is -0.368 e. The second-order valence-corrected chi connectivity index (χ2v) is 8.27. The van der Waals surface area contributed by atoms with Crippen molar-refractivity contribution in [2.24, 2.45) is 5.73 Å². The van der Waals surface area contributed by atoms with Crippen LogP contribution in [0.1, 0.15) is 24.0 Å². The first kappa shape index (κ1) is 22.9. The number of thioether (sulfide) groups is 1. The fourth-order valence-corrected chi connectivity index (χ4v) is 4.00. The normalized spacial score (nSPS) is 17.2. The van der Waals surface area contributed by atoms with Gasteiger partial charge in [0.2, 0.25) is 11.8 Å². The average molecular weight is 449 g/mol. The smallest absolute Gasteiger partial charge is 0.368 e. The summed E-state index contributed by atoms with van der Waals surface area (Å²) in [6.45, 7) is 1.25. The second kappa shape index (κ2) is 10.0. The molecule has 0 bridgehead atoms. The van der Waals surface area contributed by atoms with E-state index in [-0.39, 0.29) is 34.5 Å². The van der Waals surface area contributed by atoms with Crippen molar-refractivity contribution >= 4 is 35.3 Å². The van der Waals surface area contributed by atoms with Crippen LogP contribution >= 0.6 is 11.8 Å². The van der Waals surface area contributed by atoms with Gasteiger partial charge in [0, 0.05) is 23.2 Å². The number of primary amides is 1. The first-order valence-electron chi connectivity index (χ1n) is 9.67. The van der Waals surface area contributed by atoms with Gasteiger partial charge in [-0.15, -0.1) is 0 Å². The maximum Gasteiger partial charge on any atom is 0.446 e. The molecule has 1 aliphatic heterocycles. The number of amides is 2. The number of carbonyl (C=O) groups is 2. The maximum absolute atomic E-state index is 12.4. The molecule has 9 heteroatoms. The Bertz CT molecular complexity index is 961. The van der Waals surface area contributed by atoms with Crippen molar-refractivity contribution in [1.29, 1.82) is 0 Å². The zero-order valence-electron chi connectivity index (χ0n) is 16.6. The molecule has 1 saturated heterocycles. The minimum atomic E-state index is -4.34. The Morgan fingerprint density at radius 2 is 1.87 bits per heavy atom. The van der Waals surface area contributed by atoms with E-state index in [4.69, 9.17) is 5.73 Å². The van der Waals surface area contributed by atoms with Gasteiger partial charge in [0.05, 0.1) is 6.04 Å². The van der Waals surface area contributed by atoms with Gasteiger partial charge >= 0.3 is 5.51 Å². The Balaban J connectivity index is 1.62. The van der Waals surface area contributed by atoms with Crippen LogP contribution in [0.2, 0.25) is 0 Å². The van der Waals surface area contributed by atoms with Crippen LogP contribution in [-0.4, -0.2) is 34.8 Å². The Morgan fingerprint density at radius 3 is 2.55 bits per heavy atom. The van der Waals surface area contributed by atoms with Gasteiger partial charge in [0.15, 0.2) is 0 Å². The van der Waals surface area contributed by atoms with Crippen molar-refractivity contribution in [2.45, 2.75) is 35.8 Å². The van der Waals surface area contributed by atoms with Crippen molar-refractivity contribution in [2.75, 3.05) is 11.9 Å². The van der Waals surface area contributed by atoms with Gasteiger partial charge in [-0.1, -0.05) is 30.3 Å². The lowest BCUT2D eigenvalue weighted by atomic mass is 10.1. The van der Waals surface area contributed by atoms with E-state index in [0.717, 1.165) is 24.9 Å². The number of hydrogen-bond donors (Lipinski definition) is 2. The highest BCUT2D eigenvalue weighted by Crippen LogP contribution is 2.36. The molecule has 31 heavy (non-hydrogen) atoms. The summed E-state index contributed by atoms with van der Waals surface area (Å²) in [5.74, 6) is -0.712. The SMILES string of the molecule is NC(=O)C1CCCN1Cc1ccccc1NC(=O)/C=C/c1ccc(SC(F)(F)F)cc1. The van der Waals surface area contributed by atoms with Crippen molar-refractivity contribution in [3.63, 3.8) is 0 Å². The third kappa shape index (κ3) is 6.86. The zero-order chi connectivity index (χ0) is 22.4. The summed E-state index contributed by atoms with van der Waals surface area (Å²) in [7, 11) is 0. The molecule has 3 N–H and O–H groups in total. The van der Waals surface area contributed by atoms with Gasteiger partial charge in [-0.3, -0.25) is 14.5 Å². The van der Waals surface area contributed by atoms with Gasteiger partial charge in [0.1, 0.15) is 0 Å². The molecule has 0 aliphatic carbocycles. The summed E-state index contributed by atoms with van der Waals surface area (Å²) in [6, 6.07) is 12.8. The Kier molecular flexibility index (Phi) is 7.40. The predicted octanol–water partition coefficient (Wildman–Crippen LogP) is 4.40. The van der Waals surface area contributed by atoms with Crippen molar-refractivity contribution in [3.8, 4) is 0 Å². The number of nitrogens with zero attached hydrogens (tertiary/aromatic N) is 1. The van der Waals surface area contributed by atoms with E-state index in [2.05, 4.69) is 5.32 Å². The first-order chi connectivity index (χ1) is 14.7. The molecule has 0 aromatic heterocycles. The van der Waals surface area contributed by atoms with Crippen LogP contribution < -0.4 is 11.1 Å². The lowest BCUT2D eigenvalue weighted by Crippen LogP contribution is -2.39. The zero-order valence-corrected chi connectivity index (χ0v) is 17.4. The van der Waals surface area contributed by atoms with Crippen molar-refractivity contribution in [1.82, 2.24) is 4.90 Å². The summed E-state index contributed by atoms with van der Waals surface area (Å²) < 4.78 is 37.2. The molecule has 164 valence electrons. The number of hydrogen-bond acceptors (Lipinski definition) is 4. The van der Waals surface area contributed by atoms with E-state index in [1.54, 1.807) is 12.1 Å². The number of alkyl halides is 3. The highest BCUT2D eigenvalue weighted by atomic mass is 32.2. The third-order valence-electron chi connectivity index (χ3n) is 4.88. The molecule has 2 amide bonds. The number of likely N-dealkylation sites (tertiary alicyclic amines) is 1. The van der Waals surface area contributed by atoms with Gasteiger partial charge in [-0.25, -0.2) is 0 Å². The van der Waals surface area contributed by atoms with E-state index >= 15 is 0 Å². The van der Waals surface area contributed by atoms with Gasteiger partial charge in [-0.05, 0) is 66.6 Å². The molecule has 2 aromatic carbocycles. The summed E-state index contributed by atoms with van der Waals surface area (Å²) in [5, 5.41) is 2.82. The van der Waals surface area contributed by atoms with E-state index in [1.165, 1.54) is 36.4 Å². The number of halogens is 3. The number of carbonyl (C=O) groups excluding carboxylic acids is 2. The quantitative estimate of drug-likeness (QED) is 0.485. The fraction of sp³-hybridized carbons (Fsp3) is 0.273. The summed E-state index contributed by atoms with van der Waals surface area (Å²) in [4.78, 5) is 26.1. The Labute approximate surface area is 182 Å². The number of anilines is 1. The predicted molar refractivity (Wildman–Crippen MR) is 115 cm³/mol. The molecule has 3 rings (SSSR count). The fourth-order valence-electron chi connectivity index (χ4n) is 3.46. The molecule has 0 spiro atoms. The van der Waals surface area contributed by atoms with Crippen LogP contribution in [0.5, 0.6) is 0 Å². The third-order valence-corrected chi connectivity index (χ3v) is 5.62. The topological polar surface area (TPSA) is 75.4 Å².